The van der Waals surface area contributed by atoms with Crippen LogP contribution in [0.5, 0.6) is 0 Å². The molecule has 0 aromatic carbocycles. The van der Waals surface area contributed by atoms with Gasteiger partial charge in [0.05, 0.1) is 34.4 Å². The van der Waals surface area contributed by atoms with E-state index >= 15 is 0 Å². The quantitative estimate of drug-likeness (QED) is 0.0213. The number of carboxylic acids is 1. The van der Waals surface area contributed by atoms with Crippen molar-refractivity contribution in [2.24, 2.45) is 0 Å². The third-order valence-electron chi connectivity index (χ3n) is 10.4. The number of esters is 2. The van der Waals surface area contributed by atoms with Gasteiger partial charge in [-0.25, -0.2) is 4.79 Å². The van der Waals surface area contributed by atoms with Gasteiger partial charge < -0.3 is 28.5 Å². The van der Waals surface area contributed by atoms with Crippen molar-refractivity contribution < 1.29 is 42.9 Å². The fourth-order valence-corrected chi connectivity index (χ4v) is 6.57. The molecule has 0 aliphatic rings. The van der Waals surface area contributed by atoms with Gasteiger partial charge in [0, 0.05) is 12.8 Å². The Morgan fingerprint density at radius 3 is 1.42 bits per heavy atom. The number of hydrogen-bond donors (Lipinski definition) is 1. The third-order valence-corrected chi connectivity index (χ3v) is 10.4. The summed E-state index contributed by atoms with van der Waals surface area (Å²) in [7, 11) is 5.95. The molecule has 0 aromatic rings. The summed E-state index contributed by atoms with van der Waals surface area (Å²) < 4.78 is 22.7. The minimum atomic E-state index is -1.51. The number of rotatable bonds is 44. The Bertz CT molecular complexity index is 1070. The Morgan fingerprint density at radius 2 is 0.949 bits per heavy atom. The molecule has 59 heavy (non-hydrogen) atoms. The van der Waals surface area contributed by atoms with Crippen LogP contribution in [0.25, 0.3) is 0 Å². The highest BCUT2D eigenvalue weighted by molar-refractivity contribution is 5.71. The van der Waals surface area contributed by atoms with E-state index in [1.54, 1.807) is 0 Å². The second-order valence-corrected chi connectivity index (χ2v) is 17.4. The molecule has 0 aliphatic carbocycles. The second-order valence-electron chi connectivity index (χ2n) is 17.4. The minimum Gasteiger partial charge on any atom is -0.477 e. The monoisotopic (exact) mass is 835 g/mol. The Balaban J connectivity index is 4.33. The SMILES string of the molecule is CCC/C=C\C/C=C\CCCCCCCC(=O)OC(COC(=O)CCCCCCCCCCC/C=C\CCCCCCCCCC)COC(OCC[N+](C)(C)C)C(=O)O. The van der Waals surface area contributed by atoms with Crippen molar-refractivity contribution >= 4 is 17.9 Å². The average molecular weight is 835 g/mol. The lowest BCUT2D eigenvalue weighted by Crippen LogP contribution is -2.40. The number of allylic oxidation sites excluding steroid dienone is 6. The number of carboxylic acid groups (broad SMARTS) is 1. The van der Waals surface area contributed by atoms with Gasteiger partial charge in [-0.3, -0.25) is 9.59 Å². The van der Waals surface area contributed by atoms with E-state index in [9.17, 15) is 19.5 Å². The first-order chi connectivity index (χ1) is 28.6. The van der Waals surface area contributed by atoms with Gasteiger partial charge >= 0.3 is 17.9 Å². The Kier molecular flexibility index (Phi) is 40.4. The van der Waals surface area contributed by atoms with E-state index in [4.69, 9.17) is 18.9 Å². The van der Waals surface area contributed by atoms with Crippen molar-refractivity contribution in [3.8, 4) is 0 Å². The lowest BCUT2D eigenvalue weighted by molar-refractivity contribution is -0.870. The van der Waals surface area contributed by atoms with E-state index < -0.39 is 24.3 Å². The molecule has 0 spiro atoms. The predicted octanol–water partition coefficient (Wildman–Crippen LogP) is 13.0. The van der Waals surface area contributed by atoms with E-state index in [1.807, 2.05) is 21.1 Å². The summed E-state index contributed by atoms with van der Waals surface area (Å²) in [6, 6.07) is 0. The molecule has 0 saturated heterocycles. The van der Waals surface area contributed by atoms with E-state index in [2.05, 4.69) is 50.3 Å². The number of aliphatic carboxylic acids is 1. The van der Waals surface area contributed by atoms with Crippen LogP contribution in [0.15, 0.2) is 36.5 Å². The van der Waals surface area contributed by atoms with Gasteiger partial charge in [-0.15, -0.1) is 0 Å². The fraction of sp³-hybridized carbons (Fsp3) is 0.820. The van der Waals surface area contributed by atoms with Crippen molar-refractivity contribution in [1.29, 1.82) is 0 Å². The number of hydrogen-bond acceptors (Lipinski definition) is 7. The molecule has 0 aromatic heterocycles. The molecule has 0 bridgehead atoms. The Hall–Kier alpha value is -2.49. The number of nitrogens with zero attached hydrogens (tertiary/aromatic N) is 1. The summed E-state index contributed by atoms with van der Waals surface area (Å²) in [5.74, 6) is -2.03. The highest BCUT2D eigenvalue weighted by atomic mass is 16.7. The van der Waals surface area contributed by atoms with Crippen LogP contribution >= 0.6 is 0 Å². The number of quaternary nitrogens is 1. The van der Waals surface area contributed by atoms with Crippen LogP contribution in [0.4, 0.5) is 0 Å². The molecular weight excluding hydrogens is 743 g/mol. The number of ether oxygens (including phenoxy) is 4. The van der Waals surface area contributed by atoms with E-state index in [1.165, 1.54) is 109 Å². The van der Waals surface area contributed by atoms with Crippen LogP contribution in [-0.4, -0.2) is 87.4 Å². The number of carbonyl (C=O) groups is 3. The highest BCUT2D eigenvalue weighted by Gasteiger charge is 2.25. The summed E-state index contributed by atoms with van der Waals surface area (Å²) in [4.78, 5) is 37.1. The zero-order chi connectivity index (χ0) is 43.5. The van der Waals surface area contributed by atoms with Gasteiger partial charge in [-0.1, -0.05) is 166 Å². The van der Waals surface area contributed by atoms with Gasteiger partial charge in [0.1, 0.15) is 13.2 Å². The summed E-state index contributed by atoms with van der Waals surface area (Å²) in [6.07, 6.45) is 44.9. The van der Waals surface area contributed by atoms with Crippen molar-refractivity contribution in [2.75, 3.05) is 47.5 Å². The molecule has 0 radical (unpaired) electrons. The molecule has 0 aliphatic heterocycles. The highest BCUT2D eigenvalue weighted by Crippen LogP contribution is 2.14. The van der Waals surface area contributed by atoms with E-state index in [0.717, 1.165) is 64.2 Å². The fourth-order valence-electron chi connectivity index (χ4n) is 6.57. The summed E-state index contributed by atoms with van der Waals surface area (Å²) >= 11 is 0. The van der Waals surface area contributed by atoms with Crippen LogP contribution in [0, 0.1) is 0 Å². The maximum atomic E-state index is 12.7. The normalized spacial score (nSPS) is 13.2. The molecule has 9 nitrogen and oxygen atoms in total. The van der Waals surface area contributed by atoms with Gasteiger partial charge in [0.2, 0.25) is 0 Å². The lowest BCUT2D eigenvalue weighted by Gasteiger charge is -2.25. The standard InChI is InChI=1S/C50H91NO8/c1-6-8-10-12-14-16-18-20-21-22-23-24-25-26-27-29-30-32-34-36-38-40-47(52)57-44-46(45-58-50(49(54)55)56-43-42-51(3,4)5)59-48(53)41-39-37-35-33-31-28-19-17-15-13-11-9-7-2/h11,13,17,19,22-23,46,50H,6-10,12,14-16,18,20-21,24-45H2,1-5H3/p+1/b13-11-,19-17-,23-22-. The molecule has 2 atom stereocenters. The largest absolute Gasteiger partial charge is 0.477 e. The van der Waals surface area contributed by atoms with Gasteiger partial charge in [0.15, 0.2) is 6.10 Å². The van der Waals surface area contributed by atoms with Crippen LogP contribution < -0.4 is 0 Å². The summed E-state index contributed by atoms with van der Waals surface area (Å²) in [6.45, 7) is 4.79. The van der Waals surface area contributed by atoms with E-state index in [0.29, 0.717) is 23.9 Å². The molecule has 0 rings (SSSR count). The van der Waals surface area contributed by atoms with Gasteiger partial charge in [0.25, 0.3) is 6.29 Å². The maximum Gasteiger partial charge on any atom is 0.361 e. The van der Waals surface area contributed by atoms with Crippen LogP contribution in [0.3, 0.4) is 0 Å². The number of unbranched alkanes of at least 4 members (excludes halogenated alkanes) is 23. The molecule has 0 amide bonds. The zero-order valence-corrected chi connectivity index (χ0v) is 38.9. The molecule has 344 valence electrons. The lowest BCUT2D eigenvalue weighted by atomic mass is 10.1. The molecule has 2 unspecified atom stereocenters. The molecule has 9 heteroatoms. The van der Waals surface area contributed by atoms with Crippen molar-refractivity contribution in [3.05, 3.63) is 36.5 Å². The smallest absolute Gasteiger partial charge is 0.361 e. The van der Waals surface area contributed by atoms with Crippen LogP contribution in [0.1, 0.15) is 206 Å². The third kappa shape index (κ3) is 43.4. The first kappa shape index (κ1) is 56.5. The Morgan fingerprint density at radius 1 is 0.508 bits per heavy atom. The van der Waals surface area contributed by atoms with Gasteiger partial charge in [-0.2, -0.15) is 0 Å². The molecule has 0 heterocycles. The molecule has 0 saturated carbocycles. The number of carbonyl (C=O) groups excluding carboxylic acids is 2. The topological polar surface area (TPSA) is 108 Å². The molecule has 0 fully saturated rings. The first-order valence-electron chi connectivity index (χ1n) is 24.2. The molecular formula is C50H92NO8+. The van der Waals surface area contributed by atoms with Crippen molar-refractivity contribution in [3.63, 3.8) is 0 Å². The van der Waals surface area contributed by atoms with Crippen molar-refractivity contribution in [2.45, 2.75) is 219 Å². The van der Waals surface area contributed by atoms with Crippen LogP contribution in [-0.2, 0) is 33.3 Å². The Labute approximate surface area is 362 Å². The second kappa shape index (κ2) is 42.2. The van der Waals surface area contributed by atoms with Crippen molar-refractivity contribution in [1.82, 2.24) is 0 Å². The molecule has 1 N–H and O–H groups in total. The van der Waals surface area contributed by atoms with Gasteiger partial charge in [-0.05, 0) is 64.2 Å². The summed E-state index contributed by atoms with van der Waals surface area (Å²) in [5, 5.41) is 9.64. The maximum absolute atomic E-state index is 12.7. The van der Waals surface area contributed by atoms with Crippen LogP contribution in [0.2, 0.25) is 0 Å². The average Bonchev–Trinajstić information content (AvgIpc) is 3.19. The minimum absolute atomic E-state index is 0.184. The zero-order valence-electron chi connectivity index (χ0n) is 38.9. The summed E-state index contributed by atoms with van der Waals surface area (Å²) in [5.41, 5.74) is 0. The first-order valence-corrected chi connectivity index (χ1v) is 24.2. The number of likely N-dealkylation sites (N-methyl/N-ethyl adjacent to an activating group) is 1. The van der Waals surface area contributed by atoms with E-state index in [-0.39, 0.29) is 32.2 Å². The predicted molar refractivity (Wildman–Crippen MR) is 244 cm³/mol.